The molecule has 2 N–H and O–H groups in total. The maximum Gasteiger partial charge on any atom is 0.228 e. The molecule has 0 aromatic rings. The number of likely N-dealkylation sites (tertiary alicyclic amines) is 1. The van der Waals surface area contributed by atoms with Crippen molar-refractivity contribution in [2.45, 2.75) is 25.3 Å². The minimum absolute atomic E-state index is 0.0591. The molecule has 1 saturated carbocycles. The molecule has 2 aliphatic rings. The fraction of sp³-hybridized carbons (Fsp3) is 0.833. The van der Waals surface area contributed by atoms with Gasteiger partial charge >= 0.3 is 0 Å². The van der Waals surface area contributed by atoms with Crippen LogP contribution in [-0.4, -0.2) is 70.7 Å². The van der Waals surface area contributed by atoms with Crippen LogP contribution in [0.4, 0.5) is 0 Å². The van der Waals surface area contributed by atoms with Gasteiger partial charge in [-0.3, -0.25) is 9.59 Å². The zero-order chi connectivity index (χ0) is 13.1. The average molecular weight is 256 g/mol. The Hall–Kier alpha value is -1.14. The lowest BCUT2D eigenvalue weighted by molar-refractivity contribution is -0.136. The maximum atomic E-state index is 12.2. The van der Waals surface area contributed by atoms with Gasteiger partial charge in [0.1, 0.15) is 0 Å². The topological polar surface area (TPSA) is 81.1 Å². The first-order chi connectivity index (χ1) is 8.67. The van der Waals surface area contributed by atoms with Crippen LogP contribution < -0.4 is 0 Å². The summed E-state index contributed by atoms with van der Waals surface area (Å²) in [6, 6.07) is 0.347. The van der Waals surface area contributed by atoms with Gasteiger partial charge < -0.3 is 20.0 Å². The molecule has 0 aromatic heterocycles. The lowest BCUT2D eigenvalue weighted by Gasteiger charge is -2.24. The third kappa shape index (κ3) is 2.81. The number of aliphatic hydroxyl groups is 2. The van der Waals surface area contributed by atoms with Gasteiger partial charge in [-0.15, -0.1) is 0 Å². The monoisotopic (exact) mass is 256 g/mol. The molecule has 1 aliphatic heterocycles. The highest BCUT2D eigenvalue weighted by Crippen LogP contribution is 2.33. The van der Waals surface area contributed by atoms with E-state index in [9.17, 15) is 9.59 Å². The second-order valence-electron chi connectivity index (χ2n) is 4.95. The van der Waals surface area contributed by atoms with Crippen molar-refractivity contribution in [1.82, 2.24) is 9.80 Å². The lowest BCUT2D eigenvalue weighted by atomic mass is 10.1. The number of hydrogen-bond acceptors (Lipinski definition) is 4. The fourth-order valence-corrected chi connectivity index (χ4v) is 2.47. The summed E-state index contributed by atoms with van der Waals surface area (Å²) in [7, 11) is 0. The van der Waals surface area contributed by atoms with Crippen molar-refractivity contribution in [3.63, 3.8) is 0 Å². The molecule has 6 heteroatoms. The zero-order valence-corrected chi connectivity index (χ0v) is 10.4. The van der Waals surface area contributed by atoms with Gasteiger partial charge in [0, 0.05) is 32.1 Å². The summed E-state index contributed by atoms with van der Waals surface area (Å²) < 4.78 is 0. The lowest BCUT2D eigenvalue weighted by Crippen LogP contribution is -2.41. The van der Waals surface area contributed by atoms with E-state index in [-0.39, 0.29) is 50.5 Å². The van der Waals surface area contributed by atoms with Gasteiger partial charge in [0.25, 0.3) is 0 Å². The van der Waals surface area contributed by atoms with Crippen LogP contribution in [0.1, 0.15) is 19.3 Å². The summed E-state index contributed by atoms with van der Waals surface area (Å²) in [5.41, 5.74) is 0. The fourth-order valence-electron chi connectivity index (χ4n) is 2.47. The Morgan fingerprint density at radius 3 is 2.39 bits per heavy atom. The van der Waals surface area contributed by atoms with Gasteiger partial charge in [0.05, 0.1) is 19.1 Å². The van der Waals surface area contributed by atoms with E-state index >= 15 is 0 Å². The average Bonchev–Trinajstić information content (AvgIpc) is 3.11. The van der Waals surface area contributed by atoms with Gasteiger partial charge in [-0.2, -0.15) is 0 Å². The van der Waals surface area contributed by atoms with Crippen molar-refractivity contribution in [2.75, 3.05) is 32.8 Å². The Balaban J connectivity index is 1.93. The van der Waals surface area contributed by atoms with Crippen molar-refractivity contribution in [3.8, 4) is 0 Å². The Labute approximate surface area is 106 Å². The Morgan fingerprint density at radius 1 is 1.28 bits per heavy atom. The van der Waals surface area contributed by atoms with Crippen LogP contribution in [-0.2, 0) is 9.59 Å². The third-order valence-corrected chi connectivity index (χ3v) is 3.55. The molecule has 0 spiro atoms. The highest BCUT2D eigenvalue weighted by molar-refractivity contribution is 5.89. The normalized spacial score (nSPS) is 23.6. The molecule has 2 fully saturated rings. The van der Waals surface area contributed by atoms with Crippen LogP contribution >= 0.6 is 0 Å². The van der Waals surface area contributed by atoms with Gasteiger partial charge in [-0.1, -0.05) is 0 Å². The molecular weight excluding hydrogens is 236 g/mol. The van der Waals surface area contributed by atoms with Crippen LogP contribution in [0.2, 0.25) is 0 Å². The number of rotatable bonds is 6. The number of nitrogens with zero attached hydrogens (tertiary/aromatic N) is 2. The van der Waals surface area contributed by atoms with E-state index < -0.39 is 0 Å². The smallest absolute Gasteiger partial charge is 0.228 e. The van der Waals surface area contributed by atoms with E-state index in [0.29, 0.717) is 12.6 Å². The minimum Gasteiger partial charge on any atom is -0.395 e. The molecule has 2 amide bonds. The summed E-state index contributed by atoms with van der Waals surface area (Å²) in [4.78, 5) is 27.2. The summed E-state index contributed by atoms with van der Waals surface area (Å²) in [5, 5.41) is 17.8. The molecule has 1 aliphatic carbocycles. The van der Waals surface area contributed by atoms with Crippen LogP contribution in [0.3, 0.4) is 0 Å². The molecule has 1 atom stereocenters. The number of carbonyl (C=O) groups excluding carboxylic acids is 2. The number of amides is 2. The van der Waals surface area contributed by atoms with E-state index in [1.807, 2.05) is 0 Å². The predicted octanol–water partition coefficient (Wildman–Crippen LogP) is -1.19. The predicted molar refractivity (Wildman–Crippen MR) is 63.6 cm³/mol. The summed E-state index contributed by atoms with van der Waals surface area (Å²) in [5.74, 6) is -0.380. The molecule has 1 saturated heterocycles. The first kappa shape index (κ1) is 13.3. The van der Waals surface area contributed by atoms with Crippen LogP contribution in [0, 0.1) is 5.92 Å². The Morgan fingerprint density at radius 2 is 1.89 bits per heavy atom. The van der Waals surface area contributed by atoms with E-state index in [0.717, 1.165) is 12.8 Å². The molecule has 0 bridgehead atoms. The molecule has 0 aromatic carbocycles. The van der Waals surface area contributed by atoms with Gasteiger partial charge in [0.2, 0.25) is 11.8 Å². The Kier molecular flexibility index (Phi) is 4.19. The quantitative estimate of drug-likeness (QED) is 0.626. The second-order valence-corrected chi connectivity index (χ2v) is 4.95. The summed E-state index contributed by atoms with van der Waals surface area (Å²) >= 11 is 0. The number of carbonyl (C=O) groups is 2. The van der Waals surface area contributed by atoms with Crippen molar-refractivity contribution in [2.24, 2.45) is 5.92 Å². The van der Waals surface area contributed by atoms with E-state index in [2.05, 4.69) is 0 Å². The standard InChI is InChI=1S/C12H20N2O4/c15-5-3-13(4-6-16)12(18)9-7-11(17)14(8-9)10-1-2-10/h9-10,15-16H,1-8H2. The summed E-state index contributed by atoms with van der Waals surface area (Å²) in [6.07, 6.45) is 2.36. The molecule has 2 rings (SSSR count). The third-order valence-electron chi connectivity index (χ3n) is 3.55. The summed E-state index contributed by atoms with van der Waals surface area (Å²) in [6.45, 7) is 0.675. The molecule has 1 heterocycles. The van der Waals surface area contributed by atoms with E-state index in [1.165, 1.54) is 4.90 Å². The van der Waals surface area contributed by atoms with E-state index in [4.69, 9.17) is 10.2 Å². The van der Waals surface area contributed by atoms with Crippen LogP contribution in [0.25, 0.3) is 0 Å². The van der Waals surface area contributed by atoms with Crippen molar-refractivity contribution in [3.05, 3.63) is 0 Å². The highest BCUT2D eigenvalue weighted by atomic mass is 16.3. The molecule has 6 nitrogen and oxygen atoms in total. The SMILES string of the molecule is O=C(C1CC(=O)N(C2CC2)C1)N(CCO)CCO. The van der Waals surface area contributed by atoms with Crippen molar-refractivity contribution >= 4 is 11.8 Å². The first-order valence-corrected chi connectivity index (χ1v) is 6.47. The number of aliphatic hydroxyl groups excluding tert-OH is 2. The maximum absolute atomic E-state index is 12.2. The van der Waals surface area contributed by atoms with Gasteiger partial charge in [-0.25, -0.2) is 0 Å². The van der Waals surface area contributed by atoms with E-state index in [1.54, 1.807) is 4.90 Å². The van der Waals surface area contributed by atoms with Gasteiger partial charge in [0.15, 0.2) is 0 Å². The second kappa shape index (κ2) is 5.67. The van der Waals surface area contributed by atoms with Crippen molar-refractivity contribution in [1.29, 1.82) is 0 Å². The van der Waals surface area contributed by atoms with Crippen LogP contribution in [0.15, 0.2) is 0 Å². The molecule has 102 valence electrons. The first-order valence-electron chi connectivity index (χ1n) is 6.47. The highest BCUT2D eigenvalue weighted by Gasteiger charge is 2.42. The molecule has 18 heavy (non-hydrogen) atoms. The zero-order valence-electron chi connectivity index (χ0n) is 10.4. The molecule has 0 radical (unpaired) electrons. The van der Waals surface area contributed by atoms with Crippen LogP contribution in [0.5, 0.6) is 0 Å². The minimum atomic E-state index is -0.309. The van der Waals surface area contributed by atoms with Gasteiger partial charge in [-0.05, 0) is 12.8 Å². The number of hydrogen-bond donors (Lipinski definition) is 2. The van der Waals surface area contributed by atoms with Crippen molar-refractivity contribution < 1.29 is 19.8 Å². The largest absolute Gasteiger partial charge is 0.395 e. The molecule has 1 unspecified atom stereocenters. The molecular formula is C12H20N2O4. The Bertz CT molecular complexity index is 324.